The molecule has 112 valence electrons. The van der Waals surface area contributed by atoms with E-state index in [1.165, 1.54) is 0 Å². The predicted octanol–water partition coefficient (Wildman–Crippen LogP) is 0.506. The van der Waals surface area contributed by atoms with Crippen molar-refractivity contribution in [2.24, 2.45) is 5.92 Å². The lowest BCUT2D eigenvalue weighted by atomic mass is 10.1. The Labute approximate surface area is 114 Å². The van der Waals surface area contributed by atoms with Crippen molar-refractivity contribution < 1.29 is 26.4 Å². The Hall–Kier alpha value is -0.540. The standard InChI is InChI=1S/C9H14ClF3N2O3S/c1-14(2)19(17,18)7-5-15(8(16)3-10)4-6(7)9(11,12)13/h6-7H,3-5H2,1-2H3/t6-,7-/m1/s1. The maximum absolute atomic E-state index is 12.9. The highest BCUT2D eigenvalue weighted by atomic mass is 35.5. The topological polar surface area (TPSA) is 57.7 Å². The van der Waals surface area contributed by atoms with Crippen molar-refractivity contribution in [3.05, 3.63) is 0 Å². The summed E-state index contributed by atoms with van der Waals surface area (Å²) >= 11 is 5.29. The smallest absolute Gasteiger partial charge is 0.340 e. The first-order valence-electron chi connectivity index (χ1n) is 5.33. The number of hydrogen-bond acceptors (Lipinski definition) is 3. The molecule has 1 saturated heterocycles. The summed E-state index contributed by atoms with van der Waals surface area (Å²) in [5, 5.41) is -1.69. The minimum Gasteiger partial charge on any atom is -0.340 e. The fraction of sp³-hybridized carbons (Fsp3) is 0.889. The lowest BCUT2D eigenvalue weighted by molar-refractivity contribution is -0.170. The fourth-order valence-electron chi connectivity index (χ4n) is 1.95. The summed E-state index contributed by atoms with van der Waals surface area (Å²) in [6.07, 6.45) is -4.69. The molecule has 0 bridgehead atoms. The summed E-state index contributed by atoms with van der Waals surface area (Å²) in [5.41, 5.74) is 0. The molecule has 10 heteroatoms. The SMILES string of the molecule is CN(C)S(=O)(=O)[C@@H]1CN(C(=O)CCl)C[C@H]1C(F)(F)F. The number of carbonyl (C=O) groups is 1. The highest BCUT2D eigenvalue weighted by molar-refractivity contribution is 7.89. The summed E-state index contributed by atoms with van der Waals surface area (Å²) in [4.78, 5) is 12.2. The molecule has 2 atom stereocenters. The monoisotopic (exact) mass is 322 g/mol. The van der Waals surface area contributed by atoms with Gasteiger partial charge >= 0.3 is 6.18 Å². The van der Waals surface area contributed by atoms with E-state index in [9.17, 15) is 26.4 Å². The Kier molecular flexibility index (Phi) is 4.74. The van der Waals surface area contributed by atoms with Crippen LogP contribution in [0.15, 0.2) is 0 Å². The van der Waals surface area contributed by atoms with E-state index in [1.54, 1.807) is 0 Å². The molecular weight excluding hydrogens is 309 g/mol. The maximum atomic E-state index is 12.9. The van der Waals surface area contributed by atoms with Crippen LogP contribution < -0.4 is 0 Å². The first-order valence-corrected chi connectivity index (χ1v) is 7.37. The van der Waals surface area contributed by atoms with Crippen LogP contribution in [0.1, 0.15) is 0 Å². The summed E-state index contributed by atoms with van der Waals surface area (Å²) in [6.45, 7) is -1.16. The molecule has 0 unspecified atom stereocenters. The molecule has 19 heavy (non-hydrogen) atoms. The Morgan fingerprint density at radius 3 is 2.26 bits per heavy atom. The quantitative estimate of drug-likeness (QED) is 0.711. The third-order valence-electron chi connectivity index (χ3n) is 3.05. The highest BCUT2D eigenvalue weighted by Crippen LogP contribution is 2.37. The summed E-state index contributed by atoms with van der Waals surface area (Å²) in [7, 11) is -1.78. The molecule has 0 aromatic heterocycles. The Balaban J connectivity index is 3.10. The van der Waals surface area contributed by atoms with Crippen LogP contribution in [0.3, 0.4) is 0 Å². The Morgan fingerprint density at radius 1 is 1.37 bits per heavy atom. The van der Waals surface area contributed by atoms with Gasteiger partial charge in [0.05, 0.1) is 5.92 Å². The van der Waals surface area contributed by atoms with E-state index in [0.29, 0.717) is 0 Å². The lowest BCUT2D eigenvalue weighted by Crippen LogP contribution is -2.43. The van der Waals surface area contributed by atoms with Gasteiger partial charge in [-0.2, -0.15) is 13.2 Å². The number of halogens is 4. The number of rotatable bonds is 3. The van der Waals surface area contributed by atoms with Gasteiger partial charge in [-0.25, -0.2) is 12.7 Å². The largest absolute Gasteiger partial charge is 0.394 e. The number of likely N-dealkylation sites (tertiary alicyclic amines) is 1. The Morgan fingerprint density at radius 2 is 1.89 bits per heavy atom. The number of nitrogens with zero attached hydrogens (tertiary/aromatic N) is 2. The van der Waals surface area contributed by atoms with E-state index in [1.807, 2.05) is 0 Å². The molecule has 5 nitrogen and oxygen atoms in total. The van der Waals surface area contributed by atoms with Crippen molar-refractivity contribution in [3.8, 4) is 0 Å². The molecule has 0 N–H and O–H groups in total. The molecule has 1 rings (SSSR count). The predicted molar refractivity (Wildman–Crippen MR) is 63.2 cm³/mol. The number of amides is 1. The molecule has 1 aliphatic rings. The van der Waals surface area contributed by atoms with E-state index >= 15 is 0 Å². The zero-order valence-corrected chi connectivity index (χ0v) is 11.9. The molecule has 1 amide bonds. The van der Waals surface area contributed by atoms with Gasteiger partial charge in [0.25, 0.3) is 0 Å². The van der Waals surface area contributed by atoms with E-state index in [0.717, 1.165) is 23.3 Å². The summed E-state index contributed by atoms with van der Waals surface area (Å²) in [5.74, 6) is -3.27. The van der Waals surface area contributed by atoms with Crippen LogP contribution in [-0.4, -0.2) is 68.0 Å². The van der Waals surface area contributed by atoms with Crippen molar-refractivity contribution in [3.63, 3.8) is 0 Å². The molecule has 0 aromatic carbocycles. The molecule has 0 aliphatic carbocycles. The molecule has 0 aromatic rings. The van der Waals surface area contributed by atoms with Gasteiger partial charge in [0.1, 0.15) is 11.1 Å². The van der Waals surface area contributed by atoms with Crippen LogP contribution >= 0.6 is 11.6 Å². The van der Waals surface area contributed by atoms with Crippen LogP contribution in [0.4, 0.5) is 13.2 Å². The lowest BCUT2D eigenvalue weighted by Gasteiger charge is -2.23. The van der Waals surface area contributed by atoms with Gasteiger partial charge in [-0.1, -0.05) is 0 Å². The average Bonchev–Trinajstić information content (AvgIpc) is 2.72. The number of hydrogen-bond donors (Lipinski definition) is 0. The second-order valence-electron chi connectivity index (χ2n) is 4.45. The van der Waals surface area contributed by atoms with Gasteiger partial charge in [-0.15, -0.1) is 11.6 Å². The Bertz CT molecular complexity index is 452. The maximum Gasteiger partial charge on any atom is 0.394 e. The second kappa shape index (κ2) is 5.45. The number of alkyl halides is 4. The number of carbonyl (C=O) groups excluding carboxylic acids is 1. The van der Waals surface area contributed by atoms with E-state index in [2.05, 4.69) is 0 Å². The van der Waals surface area contributed by atoms with Crippen molar-refractivity contribution in [2.45, 2.75) is 11.4 Å². The third-order valence-corrected chi connectivity index (χ3v) is 5.53. The van der Waals surface area contributed by atoms with Crippen LogP contribution in [0.2, 0.25) is 0 Å². The minimum atomic E-state index is -4.69. The zero-order valence-electron chi connectivity index (χ0n) is 10.3. The van der Waals surface area contributed by atoms with E-state index in [-0.39, 0.29) is 0 Å². The molecule has 1 heterocycles. The molecule has 0 saturated carbocycles. The third kappa shape index (κ3) is 3.32. The van der Waals surface area contributed by atoms with Crippen LogP contribution in [0.5, 0.6) is 0 Å². The van der Waals surface area contributed by atoms with Crippen LogP contribution in [0.25, 0.3) is 0 Å². The average molecular weight is 323 g/mol. The second-order valence-corrected chi connectivity index (χ2v) is 7.08. The van der Waals surface area contributed by atoms with Gasteiger partial charge in [0.2, 0.25) is 15.9 Å². The van der Waals surface area contributed by atoms with Gasteiger partial charge in [-0.05, 0) is 0 Å². The van der Waals surface area contributed by atoms with Crippen molar-refractivity contribution in [2.75, 3.05) is 33.1 Å². The minimum absolute atomic E-state index is 0.473. The van der Waals surface area contributed by atoms with E-state index < -0.39 is 52.2 Å². The molecule has 0 spiro atoms. The normalized spacial score (nSPS) is 25.1. The van der Waals surface area contributed by atoms with Crippen LogP contribution in [0, 0.1) is 5.92 Å². The van der Waals surface area contributed by atoms with Crippen LogP contribution in [-0.2, 0) is 14.8 Å². The summed E-state index contributed by atoms with van der Waals surface area (Å²) < 4.78 is 63.2. The first-order chi connectivity index (χ1) is 8.51. The van der Waals surface area contributed by atoms with Gasteiger partial charge < -0.3 is 4.90 Å². The first kappa shape index (κ1) is 16.5. The molecular formula is C9H14ClF3N2O3S. The van der Waals surface area contributed by atoms with Crippen molar-refractivity contribution >= 4 is 27.5 Å². The summed E-state index contributed by atoms with van der Waals surface area (Å²) in [6, 6.07) is 0. The van der Waals surface area contributed by atoms with Gasteiger partial charge in [0.15, 0.2) is 0 Å². The molecule has 1 fully saturated rings. The molecule has 1 aliphatic heterocycles. The van der Waals surface area contributed by atoms with Gasteiger partial charge in [0, 0.05) is 27.2 Å². The van der Waals surface area contributed by atoms with E-state index in [4.69, 9.17) is 11.6 Å². The fourth-order valence-corrected chi connectivity index (χ4v) is 3.68. The highest BCUT2D eigenvalue weighted by Gasteiger charge is 2.55. The zero-order chi connectivity index (χ0) is 15.0. The van der Waals surface area contributed by atoms with Gasteiger partial charge in [-0.3, -0.25) is 4.79 Å². The molecule has 0 radical (unpaired) electrons. The van der Waals surface area contributed by atoms with Crippen molar-refractivity contribution in [1.29, 1.82) is 0 Å². The number of sulfonamides is 1. The van der Waals surface area contributed by atoms with Crippen molar-refractivity contribution in [1.82, 2.24) is 9.21 Å².